The summed E-state index contributed by atoms with van der Waals surface area (Å²) in [6.07, 6.45) is 0. The molecule has 2 N–H and O–H groups in total. The van der Waals surface area contributed by atoms with Gasteiger partial charge in [0, 0.05) is 5.56 Å². The van der Waals surface area contributed by atoms with Crippen molar-refractivity contribution in [2.24, 2.45) is 5.73 Å². The SMILES string of the molecule is N#CC1=C(N)Oc2c(c(-c3ccccc3)nn2-c2ccccc2)[C@@H]1c1ccccc1. The van der Waals surface area contributed by atoms with E-state index in [1.807, 2.05) is 91.0 Å². The van der Waals surface area contributed by atoms with Gasteiger partial charge in [-0.25, -0.2) is 0 Å². The fourth-order valence-electron chi connectivity index (χ4n) is 3.87. The van der Waals surface area contributed by atoms with Gasteiger partial charge < -0.3 is 10.5 Å². The van der Waals surface area contributed by atoms with Crippen LogP contribution < -0.4 is 10.5 Å². The van der Waals surface area contributed by atoms with E-state index in [0.29, 0.717) is 11.5 Å². The molecule has 0 radical (unpaired) electrons. The molecule has 5 heteroatoms. The van der Waals surface area contributed by atoms with E-state index >= 15 is 0 Å². The average Bonchev–Trinajstić information content (AvgIpc) is 3.19. The number of nitrogens with zero attached hydrogens (tertiary/aromatic N) is 3. The lowest BCUT2D eigenvalue weighted by Gasteiger charge is -2.25. The molecule has 0 amide bonds. The van der Waals surface area contributed by atoms with Crippen LogP contribution in [0.15, 0.2) is 102 Å². The number of benzene rings is 3. The number of ether oxygens (including phenoxy) is 1. The number of nitrogens with two attached hydrogens (primary N) is 1. The number of hydrogen-bond acceptors (Lipinski definition) is 4. The summed E-state index contributed by atoms with van der Waals surface area (Å²) in [7, 11) is 0. The number of allylic oxidation sites excluding steroid dienone is 1. The Balaban J connectivity index is 1.84. The standard InChI is InChI=1S/C25H18N4O/c26-16-20-21(17-10-4-1-5-11-17)22-23(18-12-6-2-7-13-18)28-29(25(22)30-24(20)27)19-14-8-3-9-15-19/h1-15,21H,27H2/t21-/m1/s1. The van der Waals surface area contributed by atoms with Gasteiger partial charge in [-0.15, -0.1) is 0 Å². The molecule has 5 rings (SSSR count). The second-order valence-electron chi connectivity index (χ2n) is 7.02. The Bertz CT molecular complexity index is 1270. The van der Waals surface area contributed by atoms with Crippen LogP contribution in [-0.4, -0.2) is 9.78 Å². The van der Waals surface area contributed by atoms with Crippen LogP contribution >= 0.6 is 0 Å². The highest BCUT2D eigenvalue weighted by Gasteiger charge is 2.37. The Kier molecular flexibility index (Phi) is 4.30. The quantitative estimate of drug-likeness (QED) is 0.547. The molecule has 1 aromatic heterocycles. The zero-order valence-corrected chi connectivity index (χ0v) is 16.1. The van der Waals surface area contributed by atoms with Crippen molar-refractivity contribution in [2.75, 3.05) is 0 Å². The summed E-state index contributed by atoms with van der Waals surface area (Å²) in [6.45, 7) is 0. The van der Waals surface area contributed by atoms with Gasteiger partial charge in [-0.1, -0.05) is 78.9 Å². The minimum Gasteiger partial charge on any atom is -0.422 e. The molecule has 1 atom stereocenters. The van der Waals surface area contributed by atoms with Crippen molar-refractivity contribution in [1.29, 1.82) is 5.26 Å². The summed E-state index contributed by atoms with van der Waals surface area (Å²) >= 11 is 0. The summed E-state index contributed by atoms with van der Waals surface area (Å²) < 4.78 is 7.77. The molecular weight excluding hydrogens is 372 g/mol. The molecule has 0 aliphatic carbocycles. The minimum atomic E-state index is -0.368. The molecule has 5 nitrogen and oxygen atoms in total. The van der Waals surface area contributed by atoms with Gasteiger partial charge in [-0.2, -0.15) is 15.0 Å². The average molecular weight is 390 g/mol. The van der Waals surface area contributed by atoms with Crippen LogP contribution in [0.1, 0.15) is 17.0 Å². The first kappa shape index (κ1) is 17.8. The normalized spacial score (nSPS) is 15.2. The Morgan fingerprint density at radius 1 is 0.867 bits per heavy atom. The molecular formula is C25H18N4O. The van der Waals surface area contributed by atoms with Crippen molar-refractivity contribution in [3.63, 3.8) is 0 Å². The molecule has 1 aliphatic rings. The van der Waals surface area contributed by atoms with Gasteiger partial charge in [0.05, 0.1) is 17.2 Å². The van der Waals surface area contributed by atoms with E-state index in [4.69, 9.17) is 15.6 Å². The molecule has 144 valence electrons. The maximum Gasteiger partial charge on any atom is 0.229 e. The summed E-state index contributed by atoms with van der Waals surface area (Å²) in [5.74, 6) is 0.272. The second-order valence-corrected chi connectivity index (χ2v) is 7.02. The molecule has 0 unspecified atom stereocenters. The van der Waals surface area contributed by atoms with E-state index in [-0.39, 0.29) is 11.8 Å². The third-order valence-corrected chi connectivity index (χ3v) is 5.23. The molecule has 0 fully saturated rings. The topological polar surface area (TPSA) is 76.9 Å². The van der Waals surface area contributed by atoms with Gasteiger partial charge in [0.1, 0.15) is 17.3 Å². The predicted molar refractivity (Wildman–Crippen MR) is 115 cm³/mol. The number of rotatable bonds is 3. The van der Waals surface area contributed by atoms with Gasteiger partial charge in [-0.05, 0) is 17.7 Å². The first-order valence-electron chi connectivity index (χ1n) is 9.64. The third kappa shape index (κ3) is 2.83. The van der Waals surface area contributed by atoms with Crippen molar-refractivity contribution < 1.29 is 4.74 Å². The zero-order valence-electron chi connectivity index (χ0n) is 16.1. The monoisotopic (exact) mass is 390 g/mol. The highest BCUT2D eigenvalue weighted by molar-refractivity contribution is 5.72. The van der Waals surface area contributed by atoms with Crippen molar-refractivity contribution >= 4 is 0 Å². The van der Waals surface area contributed by atoms with E-state index in [9.17, 15) is 5.26 Å². The molecule has 0 saturated heterocycles. The fourth-order valence-corrected chi connectivity index (χ4v) is 3.87. The lowest BCUT2D eigenvalue weighted by Crippen LogP contribution is -2.22. The van der Waals surface area contributed by atoms with E-state index in [0.717, 1.165) is 28.1 Å². The Hall–Kier alpha value is -4.30. The number of aromatic nitrogens is 2. The van der Waals surface area contributed by atoms with Crippen molar-refractivity contribution in [3.05, 3.63) is 114 Å². The Morgan fingerprint density at radius 2 is 1.47 bits per heavy atom. The number of para-hydroxylation sites is 1. The molecule has 4 aromatic rings. The van der Waals surface area contributed by atoms with Crippen LogP contribution in [0.2, 0.25) is 0 Å². The van der Waals surface area contributed by atoms with Crippen LogP contribution in [-0.2, 0) is 0 Å². The molecule has 30 heavy (non-hydrogen) atoms. The van der Waals surface area contributed by atoms with Crippen LogP contribution in [0.25, 0.3) is 16.9 Å². The van der Waals surface area contributed by atoms with Gasteiger partial charge in [0.15, 0.2) is 0 Å². The predicted octanol–water partition coefficient (Wildman–Crippen LogP) is 4.76. The van der Waals surface area contributed by atoms with Gasteiger partial charge in [0.25, 0.3) is 0 Å². The number of nitriles is 1. The fraction of sp³-hybridized carbons (Fsp3) is 0.0400. The molecule has 0 bridgehead atoms. The molecule has 3 aromatic carbocycles. The van der Waals surface area contributed by atoms with Crippen LogP contribution in [0.5, 0.6) is 5.88 Å². The van der Waals surface area contributed by atoms with Crippen LogP contribution in [0.3, 0.4) is 0 Å². The lowest BCUT2D eigenvalue weighted by molar-refractivity contribution is 0.367. The maximum atomic E-state index is 9.91. The highest BCUT2D eigenvalue weighted by atomic mass is 16.5. The highest BCUT2D eigenvalue weighted by Crippen LogP contribution is 2.47. The first-order chi connectivity index (χ1) is 14.8. The van der Waals surface area contributed by atoms with Gasteiger partial charge in [0.2, 0.25) is 11.8 Å². The molecule has 2 heterocycles. The maximum absolute atomic E-state index is 9.91. The van der Waals surface area contributed by atoms with Gasteiger partial charge >= 0.3 is 0 Å². The molecule has 0 saturated carbocycles. The van der Waals surface area contributed by atoms with Crippen molar-refractivity contribution in [3.8, 4) is 28.9 Å². The van der Waals surface area contributed by atoms with Gasteiger partial charge in [-0.3, -0.25) is 0 Å². The van der Waals surface area contributed by atoms with E-state index in [2.05, 4.69) is 6.07 Å². The summed E-state index contributed by atoms with van der Waals surface area (Å²) in [5, 5.41) is 14.8. The van der Waals surface area contributed by atoms with Crippen molar-refractivity contribution in [1.82, 2.24) is 9.78 Å². The van der Waals surface area contributed by atoms with Crippen LogP contribution in [0, 0.1) is 11.3 Å². The minimum absolute atomic E-state index is 0.107. The second kappa shape index (κ2) is 7.26. The van der Waals surface area contributed by atoms with Crippen molar-refractivity contribution in [2.45, 2.75) is 5.92 Å². The summed E-state index contributed by atoms with van der Waals surface area (Å²) in [6, 6.07) is 31.8. The molecule has 0 spiro atoms. The third-order valence-electron chi connectivity index (χ3n) is 5.23. The first-order valence-corrected chi connectivity index (χ1v) is 9.64. The van der Waals surface area contributed by atoms with Crippen LogP contribution in [0.4, 0.5) is 0 Å². The number of fused-ring (bicyclic) bond motifs is 1. The zero-order chi connectivity index (χ0) is 20.5. The summed E-state index contributed by atoms with van der Waals surface area (Å²) in [4.78, 5) is 0. The number of hydrogen-bond donors (Lipinski definition) is 1. The Labute approximate surface area is 174 Å². The van der Waals surface area contributed by atoms with E-state index in [1.54, 1.807) is 4.68 Å². The van der Waals surface area contributed by atoms with E-state index in [1.165, 1.54) is 0 Å². The van der Waals surface area contributed by atoms with E-state index < -0.39 is 0 Å². The smallest absolute Gasteiger partial charge is 0.229 e. The largest absolute Gasteiger partial charge is 0.422 e. The molecule has 1 aliphatic heterocycles. The Morgan fingerprint density at radius 3 is 2.10 bits per heavy atom. The summed E-state index contributed by atoms with van der Waals surface area (Å²) in [5.41, 5.74) is 11.0. The lowest BCUT2D eigenvalue weighted by atomic mass is 9.83.